The molecule has 0 bridgehead atoms. The van der Waals surface area contributed by atoms with Gasteiger partial charge < -0.3 is 0 Å². The molecule has 6 heteroatoms. The molecule has 0 amide bonds. The maximum absolute atomic E-state index is 4.95. The predicted molar refractivity (Wildman–Crippen MR) is 102 cm³/mol. The summed E-state index contributed by atoms with van der Waals surface area (Å²) in [7, 11) is 0. The minimum atomic E-state index is -0.0428. The summed E-state index contributed by atoms with van der Waals surface area (Å²) in [5.74, 6) is 0.817. The van der Waals surface area contributed by atoms with Crippen molar-refractivity contribution in [2.24, 2.45) is 10.1 Å². The van der Waals surface area contributed by atoms with Gasteiger partial charge >= 0.3 is 5.96 Å². The fraction of sp³-hybridized carbons (Fsp3) is 0.200. The number of hydrogen-bond acceptors (Lipinski definition) is 5. The molecule has 2 unspecified atom stereocenters. The van der Waals surface area contributed by atoms with Gasteiger partial charge in [0.15, 0.2) is 0 Å². The molecule has 0 fully saturated rings. The van der Waals surface area contributed by atoms with E-state index in [0.717, 1.165) is 29.3 Å². The van der Waals surface area contributed by atoms with Crippen LogP contribution in [0.4, 0.5) is 5.69 Å². The first-order valence-corrected chi connectivity index (χ1v) is 8.86. The van der Waals surface area contributed by atoms with Gasteiger partial charge in [0.1, 0.15) is 11.6 Å². The quantitative estimate of drug-likeness (QED) is 0.728. The molecule has 2 aromatic carbocycles. The second-order valence-corrected chi connectivity index (χ2v) is 6.43. The van der Waals surface area contributed by atoms with Crippen LogP contribution in [0.5, 0.6) is 0 Å². The van der Waals surface area contributed by atoms with E-state index in [0.29, 0.717) is 0 Å². The van der Waals surface area contributed by atoms with Gasteiger partial charge in [-0.25, -0.2) is 5.32 Å². The van der Waals surface area contributed by atoms with Crippen molar-refractivity contribution in [3.8, 4) is 0 Å². The number of benzene rings is 2. The zero-order chi connectivity index (χ0) is 17.5. The number of hydrogen-bond donors (Lipinski definition) is 1. The highest BCUT2D eigenvalue weighted by Crippen LogP contribution is 2.32. The summed E-state index contributed by atoms with van der Waals surface area (Å²) in [4.78, 5) is 4.95. The lowest BCUT2D eigenvalue weighted by molar-refractivity contribution is -0.632. The topological polar surface area (TPSA) is 56.8 Å². The Morgan fingerprint density at radius 1 is 1.08 bits per heavy atom. The Hall–Kier alpha value is -3.28. The second kappa shape index (κ2) is 5.91. The van der Waals surface area contributed by atoms with E-state index in [1.807, 2.05) is 58.5 Å². The van der Waals surface area contributed by atoms with E-state index in [1.54, 1.807) is 0 Å². The first-order valence-electron chi connectivity index (χ1n) is 8.86. The molecule has 0 spiro atoms. The highest BCUT2D eigenvalue weighted by atomic mass is 15.5. The van der Waals surface area contributed by atoms with E-state index in [9.17, 15) is 0 Å². The van der Waals surface area contributed by atoms with Crippen LogP contribution in [0.3, 0.4) is 0 Å². The van der Waals surface area contributed by atoms with Crippen molar-refractivity contribution < 1.29 is 4.68 Å². The van der Waals surface area contributed by atoms with Crippen LogP contribution in [0, 0.1) is 0 Å². The van der Waals surface area contributed by atoms with Crippen molar-refractivity contribution >= 4 is 28.6 Å². The number of likely N-dealkylation sites (N-methyl/N-ethyl adjacent to an activating group) is 1. The smallest absolute Gasteiger partial charge is 0.258 e. The Bertz CT molecular complexity index is 1030. The van der Waals surface area contributed by atoms with E-state index in [2.05, 4.69) is 40.6 Å². The maximum Gasteiger partial charge on any atom is 0.418 e. The van der Waals surface area contributed by atoms with Crippen LogP contribution in [-0.4, -0.2) is 35.0 Å². The molecule has 0 radical (unpaired) electrons. The number of nitrogens with one attached hydrogen (secondary N) is 1. The van der Waals surface area contributed by atoms with Crippen LogP contribution in [0.2, 0.25) is 0 Å². The van der Waals surface area contributed by atoms with Gasteiger partial charge in [-0.3, -0.25) is 5.01 Å². The van der Waals surface area contributed by atoms with Gasteiger partial charge in [-0.05, 0) is 19.1 Å². The lowest BCUT2D eigenvalue weighted by Crippen LogP contribution is -2.59. The molecule has 6 nitrogen and oxygen atoms in total. The molecule has 0 saturated carbocycles. The third-order valence-corrected chi connectivity index (χ3v) is 4.90. The molecular weight excluding hydrogens is 324 g/mol. The molecule has 3 heterocycles. The van der Waals surface area contributed by atoms with Gasteiger partial charge in [0, 0.05) is 23.5 Å². The van der Waals surface area contributed by atoms with Gasteiger partial charge in [0.2, 0.25) is 6.17 Å². The van der Waals surface area contributed by atoms with E-state index in [1.165, 1.54) is 5.39 Å². The first-order chi connectivity index (χ1) is 12.8. The van der Waals surface area contributed by atoms with E-state index < -0.39 is 0 Å². The highest BCUT2D eigenvalue weighted by Gasteiger charge is 2.44. The maximum atomic E-state index is 4.95. The van der Waals surface area contributed by atoms with Crippen molar-refractivity contribution in [2.45, 2.75) is 19.0 Å². The number of rotatable bonds is 2. The third-order valence-electron chi connectivity index (χ3n) is 4.90. The van der Waals surface area contributed by atoms with Crippen molar-refractivity contribution in [2.75, 3.05) is 11.9 Å². The summed E-state index contributed by atoms with van der Waals surface area (Å²) in [5, 5.41) is 17.0. The Labute approximate surface area is 151 Å². The number of nitrogens with zero attached hydrogens (tertiary/aromatic N) is 5. The average molecular weight is 343 g/mol. The normalized spacial score (nSPS) is 20.7. The molecule has 0 saturated heterocycles. The monoisotopic (exact) mass is 343 g/mol. The van der Waals surface area contributed by atoms with Crippen molar-refractivity contribution in [1.82, 2.24) is 10.1 Å². The molecule has 3 aromatic rings. The van der Waals surface area contributed by atoms with Crippen LogP contribution in [-0.2, 0) is 0 Å². The number of fused-ring (bicyclic) bond motifs is 5. The van der Waals surface area contributed by atoms with Crippen LogP contribution in [0.1, 0.15) is 18.5 Å². The third kappa shape index (κ3) is 2.26. The second-order valence-electron chi connectivity index (χ2n) is 6.43. The fourth-order valence-electron chi connectivity index (χ4n) is 3.66. The zero-order valence-corrected chi connectivity index (χ0v) is 14.4. The van der Waals surface area contributed by atoms with Crippen molar-refractivity contribution in [3.05, 3.63) is 66.5 Å². The molecule has 5 rings (SSSR count). The van der Waals surface area contributed by atoms with Gasteiger partial charge in [-0.15, -0.1) is 9.78 Å². The van der Waals surface area contributed by atoms with Crippen LogP contribution in [0.15, 0.2) is 70.9 Å². The summed E-state index contributed by atoms with van der Waals surface area (Å²) >= 11 is 0. The Morgan fingerprint density at radius 2 is 1.88 bits per heavy atom. The predicted octanol–water partition coefficient (Wildman–Crippen LogP) is 2.58. The molecule has 2 aliphatic heterocycles. The standard InChI is InChI=1S/C20H19N6/c1-2-25-19-17(13-21-25)18-16-11-7-6-8-14(16)12-22-26(18)20(24-19)23-15-9-4-3-5-10-15/h3-13,17,19H,2H2,1H3,(H,23,24)/q+1. The Balaban J connectivity index is 1.70. The SMILES string of the molecule is CCN1N=CC2c3c4ccccc4cn[n+]3C(Nc3ccccc3)=NC21. The number of para-hydroxylation sites is 1. The van der Waals surface area contributed by atoms with Crippen LogP contribution >= 0.6 is 0 Å². The number of anilines is 1. The molecule has 2 aliphatic rings. The summed E-state index contributed by atoms with van der Waals surface area (Å²) in [6.45, 7) is 2.92. The lowest BCUT2D eigenvalue weighted by Gasteiger charge is -2.25. The molecule has 26 heavy (non-hydrogen) atoms. The number of hydrazone groups is 1. The van der Waals surface area contributed by atoms with E-state index in [-0.39, 0.29) is 12.1 Å². The van der Waals surface area contributed by atoms with Crippen LogP contribution < -0.4 is 10.00 Å². The minimum Gasteiger partial charge on any atom is -0.258 e. The van der Waals surface area contributed by atoms with Crippen LogP contribution in [0.25, 0.3) is 10.8 Å². The number of aromatic nitrogens is 2. The van der Waals surface area contributed by atoms with Gasteiger partial charge in [-0.2, -0.15) is 5.10 Å². The Morgan fingerprint density at radius 3 is 2.73 bits per heavy atom. The van der Waals surface area contributed by atoms with Gasteiger partial charge in [0.25, 0.3) is 0 Å². The number of aliphatic imine (C=N–C) groups is 1. The highest BCUT2D eigenvalue weighted by molar-refractivity contribution is 5.92. The van der Waals surface area contributed by atoms with Gasteiger partial charge in [0.05, 0.1) is 11.9 Å². The van der Waals surface area contributed by atoms with Crippen molar-refractivity contribution in [3.63, 3.8) is 0 Å². The van der Waals surface area contributed by atoms with E-state index >= 15 is 0 Å². The summed E-state index contributed by atoms with van der Waals surface area (Å²) in [6.07, 6.45) is 3.85. The summed E-state index contributed by atoms with van der Waals surface area (Å²) < 4.78 is 1.92. The Kier molecular flexibility index (Phi) is 3.41. The molecule has 1 N–H and O–H groups in total. The molecule has 1 aromatic heterocycles. The van der Waals surface area contributed by atoms with Gasteiger partial charge in [-0.1, -0.05) is 47.5 Å². The first kappa shape index (κ1) is 15.0. The largest absolute Gasteiger partial charge is 0.418 e. The average Bonchev–Trinajstić information content (AvgIpc) is 3.11. The fourth-order valence-corrected chi connectivity index (χ4v) is 3.66. The molecule has 2 atom stereocenters. The molecular formula is C20H19N6+. The zero-order valence-electron chi connectivity index (χ0n) is 14.4. The lowest BCUT2D eigenvalue weighted by atomic mass is 9.97. The minimum absolute atomic E-state index is 0.0428. The molecule has 0 aliphatic carbocycles. The molecule has 128 valence electrons. The summed E-state index contributed by atoms with van der Waals surface area (Å²) in [6, 6.07) is 18.4. The van der Waals surface area contributed by atoms with E-state index in [4.69, 9.17) is 4.99 Å². The van der Waals surface area contributed by atoms with Crippen molar-refractivity contribution in [1.29, 1.82) is 0 Å². The summed E-state index contributed by atoms with van der Waals surface area (Å²) in [5.41, 5.74) is 2.11.